The number of halogens is 1. The molecule has 0 aliphatic rings. The van der Waals surface area contributed by atoms with Crippen LogP contribution < -0.4 is 16.6 Å². The summed E-state index contributed by atoms with van der Waals surface area (Å²) in [5.74, 6) is -1.25. The molecule has 0 fully saturated rings. The highest BCUT2D eigenvalue weighted by Crippen LogP contribution is 2.12. The van der Waals surface area contributed by atoms with Crippen LogP contribution in [0.1, 0.15) is 41.0 Å². The Morgan fingerprint density at radius 3 is 2.33 bits per heavy atom. The smallest absolute Gasteiger partial charge is 0.348 e. The van der Waals surface area contributed by atoms with E-state index in [9.17, 15) is 18.8 Å². The molecule has 156 valence electrons. The van der Waals surface area contributed by atoms with Crippen LogP contribution in [0.4, 0.5) is 4.39 Å². The molecule has 0 radical (unpaired) electrons. The number of amides is 1. The fraction of sp³-hybridized carbons (Fsp3) is 0.273. The number of carbonyl (C=O) groups excluding carboxylic acids is 1. The summed E-state index contributed by atoms with van der Waals surface area (Å²) in [4.78, 5) is 38.7. The Hall–Kier alpha value is -3.55. The summed E-state index contributed by atoms with van der Waals surface area (Å²) in [5.41, 5.74) is 0.288. The van der Waals surface area contributed by atoms with E-state index in [0.29, 0.717) is 5.69 Å². The standard InChI is InChI=1S/C22H23FN4O3/c1-13(2)24-20(28)19-21(29)26(12-16-7-5-6-8-18(16)23)22(30)27(25-19)17-10-14(3)9-15(4)11-17/h5-11,13H,12H2,1-4H3,(H,24,28). The molecule has 0 aliphatic heterocycles. The second-order valence-electron chi connectivity index (χ2n) is 7.50. The van der Waals surface area contributed by atoms with Gasteiger partial charge in [0.05, 0.1) is 12.2 Å². The van der Waals surface area contributed by atoms with Crippen LogP contribution in [0.15, 0.2) is 52.1 Å². The summed E-state index contributed by atoms with van der Waals surface area (Å²) < 4.78 is 16.0. The fourth-order valence-electron chi connectivity index (χ4n) is 3.17. The third-order valence-corrected chi connectivity index (χ3v) is 4.43. The lowest BCUT2D eigenvalue weighted by atomic mass is 10.1. The van der Waals surface area contributed by atoms with E-state index in [2.05, 4.69) is 10.4 Å². The zero-order chi connectivity index (χ0) is 22.0. The van der Waals surface area contributed by atoms with Crippen molar-refractivity contribution in [2.75, 3.05) is 0 Å². The number of carbonyl (C=O) groups is 1. The SMILES string of the molecule is Cc1cc(C)cc(-n2nc(C(=O)NC(C)C)c(=O)n(Cc3ccccc3F)c2=O)c1. The van der Waals surface area contributed by atoms with Gasteiger partial charge < -0.3 is 5.32 Å². The maximum absolute atomic E-state index is 14.2. The van der Waals surface area contributed by atoms with E-state index in [1.165, 1.54) is 18.2 Å². The molecule has 3 rings (SSSR count). The quantitative estimate of drug-likeness (QED) is 0.700. The predicted octanol–water partition coefficient (Wildman–Crippen LogP) is 2.34. The Labute approximate surface area is 172 Å². The van der Waals surface area contributed by atoms with Crippen LogP contribution in [0.5, 0.6) is 0 Å². The molecule has 1 heterocycles. The monoisotopic (exact) mass is 410 g/mol. The van der Waals surface area contributed by atoms with Crippen molar-refractivity contribution < 1.29 is 9.18 Å². The molecular weight excluding hydrogens is 387 g/mol. The van der Waals surface area contributed by atoms with Crippen LogP contribution in [0.3, 0.4) is 0 Å². The maximum Gasteiger partial charge on any atom is 0.352 e. The summed E-state index contributed by atoms with van der Waals surface area (Å²) in [6.45, 7) is 6.90. The molecule has 0 atom stereocenters. The van der Waals surface area contributed by atoms with E-state index in [4.69, 9.17) is 0 Å². The first-order valence-corrected chi connectivity index (χ1v) is 9.54. The average molecular weight is 410 g/mol. The molecule has 0 saturated heterocycles. The van der Waals surface area contributed by atoms with Crippen LogP contribution in [0.25, 0.3) is 5.69 Å². The number of rotatable bonds is 5. The number of benzene rings is 2. The Bertz CT molecular complexity index is 1210. The maximum atomic E-state index is 14.2. The fourth-order valence-corrected chi connectivity index (χ4v) is 3.17. The molecule has 0 unspecified atom stereocenters. The molecule has 8 heteroatoms. The van der Waals surface area contributed by atoms with Crippen molar-refractivity contribution in [1.29, 1.82) is 0 Å². The van der Waals surface area contributed by atoms with Crippen molar-refractivity contribution in [2.45, 2.75) is 40.3 Å². The lowest BCUT2D eigenvalue weighted by molar-refractivity contribution is 0.0933. The lowest BCUT2D eigenvalue weighted by Gasteiger charge is -2.14. The molecule has 0 saturated carbocycles. The minimum Gasteiger partial charge on any atom is -0.348 e. The first kappa shape index (κ1) is 21.2. The van der Waals surface area contributed by atoms with Gasteiger partial charge in [-0.1, -0.05) is 24.3 Å². The van der Waals surface area contributed by atoms with Crippen molar-refractivity contribution in [2.24, 2.45) is 0 Å². The summed E-state index contributed by atoms with van der Waals surface area (Å²) in [5, 5.41) is 6.69. The van der Waals surface area contributed by atoms with Crippen molar-refractivity contribution in [3.63, 3.8) is 0 Å². The van der Waals surface area contributed by atoms with Gasteiger partial charge >= 0.3 is 5.69 Å². The van der Waals surface area contributed by atoms with E-state index < -0.39 is 28.7 Å². The van der Waals surface area contributed by atoms with Gasteiger partial charge in [-0.25, -0.2) is 9.18 Å². The Morgan fingerprint density at radius 2 is 1.73 bits per heavy atom. The average Bonchev–Trinajstić information content (AvgIpc) is 2.65. The number of nitrogens with zero attached hydrogens (tertiary/aromatic N) is 3. The minimum atomic E-state index is -0.873. The molecule has 0 aliphatic carbocycles. The minimum absolute atomic E-state index is 0.157. The van der Waals surface area contributed by atoms with E-state index in [1.807, 2.05) is 19.9 Å². The first-order chi connectivity index (χ1) is 14.2. The van der Waals surface area contributed by atoms with Gasteiger partial charge in [0.15, 0.2) is 0 Å². The number of aryl methyl sites for hydroxylation is 2. The highest BCUT2D eigenvalue weighted by atomic mass is 19.1. The highest BCUT2D eigenvalue weighted by Gasteiger charge is 2.21. The van der Waals surface area contributed by atoms with Crippen LogP contribution in [-0.2, 0) is 6.54 Å². The third-order valence-electron chi connectivity index (χ3n) is 4.43. The third kappa shape index (κ3) is 4.37. The summed E-state index contributed by atoms with van der Waals surface area (Å²) in [6, 6.07) is 11.0. The molecule has 7 nitrogen and oxygen atoms in total. The van der Waals surface area contributed by atoms with Gasteiger partial charge in [0.1, 0.15) is 5.82 Å². The topological polar surface area (TPSA) is 86.0 Å². The number of aromatic nitrogens is 3. The Balaban J connectivity index is 2.27. The first-order valence-electron chi connectivity index (χ1n) is 9.54. The van der Waals surface area contributed by atoms with Gasteiger partial charge in [0, 0.05) is 11.6 Å². The van der Waals surface area contributed by atoms with Crippen molar-refractivity contribution >= 4 is 5.91 Å². The Morgan fingerprint density at radius 1 is 1.10 bits per heavy atom. The lowest BCUT2D eigenvalue weighted by Crippen LogP contribution is -2.47. The highest BCUT2D eigenvalue weighted by molar-refractivity contribution is 5.91. The Kier molecular flexibility index (Phi) is 5.96. The van der Waals surface area contributed by atoms with Gasteiger partial charge in [-0.05, 0) is 57.0 Å². The number of nitrogens with one attached hydrogen (secondary N) is 1. The molecule has 3 aromatic rings. The molecule has 0 spiro atoms. The van der Waals surface area contributed by atoms with E-state index >= 15 is 0 Å². The molecule has 0 bridgehead atoms. The van der Waals surface area contributed by atoms with Crippen LogP contribution in [0.2, 0.25) is 0 Å². The van der Waals surface area contributed by atoms with Crippen molar-refractivity contribution in [3.05, 3.63) is 91.5 Å². The van der Waals surface area contributed by atoms with Crippen LogP contribution in [0, 0.1) is 19.7 Å². The van der Waals surface area contributed by atoms with Gasteiger partial charge in [0.25, 0.3) is 11.5 Å². The molecule has 1 N–H and O–H groups in total. The van der Waals surface area contributed by atoms with Gasteiger partial charge in [-0.2, -0.15) is 9.78 Å². The summed E-state index contributed by atoms with van der Waals surface area (Å²) >= 11 is 0. The van der Waals surface area contributed by atoms with E-state index in [-0.39, 0.29) is 18.2 Å². The number of hydrogen-bond donors (Lipinski definition) is 1. The molecular formula is C22H23FN4O3. The second-order valence-corrected chi connectivity index (χ2v) is 7.50. The largest absolute Gasteiger partial charge is 0.352 e. The zero-order valence-corrected chi connectivity index (χ0v) is 17.3. The molecule has 2 aromatic carbocycles. The van der Waals surface area contributed by atoms with Crippen molar-refractivity contribution in [3.8, 4) is 5.69 Å². The van der Waals surface area contributed by atoms with E-state index in [1.54, 1.807) is 32.0 Å². The zero-order valence-electron chi connectivity index (χ0n) is 17.3. The normalized spacial score (nSPS) is 11.0. The molecule has 1 amide bonds. The van der Waals surface area contributed by atoms with Crippen LogP contribution in [-0.4, -0.2) is 26.3 Å². The van der Waals surface area contributed by atoms with Crippen LogP contribution >= 0.6 is 0 Å². The second kappa shape index (κ2) is 8.44. The number of hydrogen-bond acceptors (Lipinski definition) is 4. The molecule has 30 heavy (non-hydrogen) atoms. The van der Waals surface area contributed by atoms with E-state index in [0.717, 1.165) is 20.4 Å². The van der Waals surface area contributed by atoms with Crippen molar-refractivity contribution in [1.82, 2.24) is 19.7 Å². The van der Waals surface area contributed by atoms with Gasteiger partial charge in [0.2, 0.25) is 5.69 Å². The predicted molar refractivity (Wildman–Crippen MR) is 112 cm³/mol. The molecule has 1 aromatic heterocycles. The van der Waals surface area contributed by atoms with Gasteiger partial charge in [-0.15, -0.1) is 0 Å². The summed E-state index contributed by atoms with van der Waals surface area (Å²) in [6.07, 6.45) is 0. The summed E-state index contributed by atoms with van der Waals surface area (Å²) in [7, 11) is 0. The van der Waals surface area contributed by atoms with Gasteiger partial charge in [-0.3, -0.25) is 14.2 Å².